The molecule has 0 spiro atoms. The summed E-state index contributed by atoms with van der Waals surface area (Å²) in [7, 11) is -3.36. The number of nitrogens with zero attached hydrogens (tertiary/aromatic N) is 3. The van der Waals surface area contributed by atoms with Gasteiger partial charge in [-0.2, -0.15) is 5.10 Å². The Morgan fingerprint density at radius 1 is 1.14 bits per heavy atom. The Hall–Kier alpha value is -3.79. The normalized spacial score (nSPS) is 11.6. The summed E-state index contributed by atoms with van der Waals surface area (Å²) in [6.45, 7) is 0. The minimum atomic E-state index is -3.36. The van der Waals surface area contributed by atoms with E-state index in [0.29, 0.717) is 22.0 Å². The van der Waals surface area contributed by atoms with Crippen LogP contribution in [-0.4, -0.2) is 45.5 Å². The van der Waals surface area contributed by atoms with E-state index < -0.39 is 21.4 Å². The second-order valence-corrected chi connectivity index (χ2v) is 8.42. The monoisotopic (exact) mass is 410 g/mol. The molecule has 2 heterocycles. The first-order chi connectivity index (χ1) is 13.7. The number of aromatic amines is 1. The molecule has 0 unspecified atom stereocenters. The van der Waals surface area contributed by atoms with E-state index in [2.05, 4.69) is 15.1 Å². The van der Waals surface area contributed by atoms with Crippen molar-refractivity contribution < 1.29 is 18.3 Å². The van der Waals surface area contributed by atoms with Crippen molar-refractivity contribution in [1.29, 1.82) is 0 Å². The topological polar surface area (TPSA) is 135 Å². The van der Waals surface area contributed by atoms with Crippen LogP contribution in [0.2, 0.25) is 0 Å². The summed E-state index contributed by atoms with van der Waals surface area (Å²) >= 11 is 0. The fourth-order valence-corrected chi connectivity index (χ4v) is 3.54. The molecule has 0 atom stereocenters. The van der Waals surface area contributed by atoms with E-state index in [4.69, 9.17) is 5.11 Å². The molecule has 146 valence electrons. The van der Waals surface area contributed by atoms with Crippen LogP contribution < -0.4 is 5.56 Å². The first-order valence-corrected chi connectivity index (χ1v) is 10.2. The number of carboxylic acids is 1. The summed E-state index contributed by atoms with van der Waals surface area (Å²) < 4.78 is 24.8. The molecule has 0 aliphatic rings. The number of fused-ring (bicyclic) bond motifs is 1. The Kier molecular flexibility index (Phi) is 4.27. The van der Waals surface area contributed by atoms with Gasteiger partial charge in [-0.05, 0) is 35.4 Å². The largest absolute Gasteiger partial charge is 0.478 e. The number of aromatic nitrogens is 4. The predicted octanol–water partition coefficient (Wildman–Crippen LogP) is 1.88. The van der Waals surface area contributed by atoms with Crippen molar-refractivity contribution in [2.75, 3.05) is 6.26 Å². The zero-order valence-electron chi connectivity index (χ0n) is 15.0. The molecule has 4 rings (SSSR count). The van der Waals surface area contributed by atoms with Gasteiger partial charge < -0.3 is 5.11 Å². The number of hydrogen-bond donors (Lipinski definition) is 2. The van der Waals surface area contributed by atoms with Gasteiger partial charge in [-0.15, -0.1) is 0 Å². The van der Waals surface area contributed by atoms with Gasteiger partial charge in [0, 0.05) is 12.5 Å². The summed E-state index contributed by atoms with van der Waals surface area (Å²) in [5.74, 6) is -1.05. The fraction of sp³-hybridized carbons (Fsp3) is 0.0526. The maximum atomic E-state index is 12.6. The number of hydrogen-bond acceptors (Lipinski definition) is 6. The molecule has 0 fully saturated rings. The lowest BCUT2D eigenvalue weighted by atomic mass is 10.0. The Morgan fingerprint density at radius 3 is 2.59 bits per heavy atom. The van der Waals surface area contributed by atoms with E-state index in [-0.39, 0.29) is 16.4 Å². The number of H-pyrrole nitrogens is 1. The van der Waals surface area contributed by atoms with Gasteiger partial charge in [0.1, 0.15) is 0 Å². The Balaban J connectivity index is 1.81. The Bertz CT molecular complexity index is 1440. The van der Waals surface area contributed by atoms with Crippen LogP contribution in [0.4, 0.5) is 0 Å². The zero-order chi connectivity index (χ0) is 20.8. The van der Waals surface area contributed by atoms with Gasteiger partial charge in [-0.3, -0.25) is 9.78 Å². The Morgan fingerprint density at radius 2 is 1.90 bits per heavy atom. The van der Waals surface area contributed by atoms with Crippen molar-refractivity contribution in [1.82, 2.24) is 19.7 Å². The highest BCUT2D eigenvalue weighted by Gasteiger charge is 2.12. The quantitative estimate of drug-likeness (QED) is 0.524. The first kappa shape index (κ1) is 18.6. The minimum Gasteiger partial charge on any atom is -0.478 e. The first-order valence-electron chi connectivity index (χ1n) is 8.35. The predicted molar refractivity (Wildman–Crippen MR) is 105 cm³/mol. The van der Waals surface area contributed by atoms with E-state index in [1.165, 1.54) is 16.9 Å². The van der Waals surface area contributed by atoms with Gasteiger partial charge in [-0.25, -0.2) is 22.9 Å². The lowest BCUT2D eigenvalue weighted by Gasteiger charge is -2.07. The van der Waals surface area contributed by atoms with Gasteiger partial charge >= 0.3 is 5.97 Å². The van der Waals surface area contributed by atoms with Crippen LogP contribution in [0.3, 0.4) is 0 Å². The van der Waals surface area contributed by atoms with Crippen LogP contribution in [0.15, 0.2) is 64.5 Å². The molecule has 2 aromatic carbocycles. The van der Waals surface area contributed by atoms with Crippen molar-refractivity contribution in [2.24, 2.45) is 0 Å². The highest BCUT2D eigenvalue weighted by Crippen LogP contribution is 2.25. The van der Waals surface area contributed by atoms with Crippen molar-refractivity contribution in [3.8, 4) is 17.1 Å². The van der Waals surface area contributed by atoms with E-state index in [1.54, 1.807) is 36.4 Å². The molecule has 0 aliphatic carbocycles. The van der Waals surface area contributed by atoms with Crippen LogP contribution in [0.1, 0.15) is 10.4 Å². The molecule has 0 aliphatic heterocycles. The number of nitrogens with one attached hydrogen (secondary N) is 1. The van der Waals surface area contributed by atoms with Gasteiger partial charge in [0.15, 0.2) is 9.84 Å². The highest BCUT2D eigenvalue weighted by atomic mass is 32.2. The maximum absolute atomic E-state index is 12.6. The molecule has 4 aromatic rings. The number of carboxylic acid groups (broad SMARTS) is 1. The third kappa shape index (κ3) is 3.52. The minimum absolute atomic E-state index is 0.0335. The van der Waals surface area contributed by atoms with Crippen LogP contribution in [-0.2, 0) is 9.84 Å². The summed E-state index contributed by atoms with van der Waals surface area (Å²) in [5.41, 5.74) is 1.23. The molecule has 0 saturated carbocycles. The van der Waals surface area contributed by atoms with Crippen LogP contribution >= 0.6 is 0 Å². The molecule has 10 heteroatoms. The maximum Gasteiger partial charge on any atom is 0.338 e. The van der Waals surface area contributed by atoms with Gasteiger partial charge in [0.25, 0.3) is 5.56 Å². The molecular weight excluding hydrogens is 396 g/mol. The third-order valence-electron chi connectivity index (χ3n) is 4.33. The molecule has 0 saturated heterocycles. The van der Waals surface area contributed by atoms with Gasteiger partial charge in [0.05, 0.1) is 27.6 Å². The number of rotatable bonds is 4. The average molecular weight is 410 g/mol. The van der Waals surface area contributed by atoms with Crippen LogP contribution in [0.25, 0.3) is 28.0 Å². The van der Waals surface area contributed by atoms with Crippen LogP contribution in [0, 0.1) is 0 Å². The third-order valence-corrected chi connectivity index (χ3v) is 5.45. The number of carbonyl (C=O) groups is 1. The summed E-state index contributed by atoms with van der Waals surface area (Å²) in [5, 5.41) is 13.2. The van der Waals surface area contributed by atoms with Crippen molar-refractivity contribution >= 4 is 26.7 Å². The summed E-state index contributed by atoms with van der Waals surface area (Å²) in [4.78, 5) is 30.7. The second kappa shape index (κ2) is 6.67. The lowest BCUT2D eigenvalue weighted by molar-refractivity contribution is 0.0697. The molecule has 0 amide bonds. The molecule has 2 aromatic heterocycles. The van der Waals surface area contributed by atoms with Crippen molar-refractivity contribution in [2.45, 2.75) is 4.90 Å². The summed E-state index contributed by atoms with van der Waals surface area (Å²) in [6, 6.07) is 11.4. The van der Waals surface area contributed by atoms with E-state index in [1.807, 2.05) is 0 Å². The summed E-state index contributed by atoms with van der Waals surface area (Å²) in [6.07, 6.45) is 3.54. The lowest BCUT2D eigenvalue weighted by Crippen LogP contribution is -2.14. The van der Waals surface area contributed by atoms with E-state index in [0.717, 1.165) is 12.5 Å². The molecule has 29 heavy (non-hydrogen) atoms. The fourth-order valence-electron chi connectivity index (χ4n) is 2.87. The van der Waals surface area contributed by atoms with E-state index >= 15 is 0 Å². The highest BCUT2D eigenvalue weighted by molar-refractivity contribution is 7.90. The molecule has 0 radical (unpaired) electrons. The SMILES string of the molecule is CS(=O)(=O)c1cccc(-c2ccc3nc(-n4cc(C(=O)O)cn4)[nH]c(=O)c3c2)c1. The number of benzene rings is 2. The average Bonchev–Trinajstić information content (AvgIpc) is 3.18. The molecule has 0 bridgehead atoms. The van der Waals surface area contributed by atoms with Crippen molar-refractivity contribution in [3.63, 3.8) is 0 Å². The smallest absolute Gasteiger partial charge is 0.338 e. The second-order valence-electron chi connectivity index (χ2n) is 6.40. The van der Waals surface area contributed by atoms with Crippen molar-refractivity contribution in [3.05, 3.63) is 70.8 Å². The number of aromatic carboxylic acids is 1. The van der Waals surface area contributed by atoms with Gasteiger partial charge in [-0.1, -0.05) is 18.2 Å². The van der Waals surface area contributed by atoms with E-state index in [9.17, 15) is 18.0 Å². The molecule has 2 N–H and O–H groups in total. The standard InChI is InChI=1S/C19H14N4O5S/c1-29(27,28)14-4-2-3-11(7-14)12-5-6-16-15(8-12)17(24)22-19(21-16)23-10-13(9-20-23)18(25)26/h2-10H,1H3,(H,25,26)(H,21,22,24). The zero-order valence-corrected chi connectivity index (χ0v) is 15.8. The Labute approximate surface area is 164 Å². The van der Waals surface area contributed by atoms with Gasteiger partial charge in [0.2, 0.25) is 5.95 Å². The van der Waals surface area contributed by atoms with Crippen LogP contribution in [0.5, 0.6) is 0 Å². The molecular formula is C19H14N4O5S. The number of sulfone groups is 1. The molecule has 9 nitrogen and oxygen atoms in total.